The normalized spacial score (nSPS) is 10.7. The molecule has 0 bridgehead atoms. The highest BCUT2D eigenvalue weighted by atomic mass is 35.5. The first-order valence-corrected chi connectivity index (χ1v) is 9.46. The zero-order valence-corrected chi connectivity index (χ0v) is 17.3. The van der Waals surface area contributed by atoms with E-state index in [1.165, 1.54) is 23.0 Å². The minimum atomic E-state index is -0.624. The number of nitrogens with zero attached hydrogens (tertiary/aromatic N) is 4. The van der Waals surface area contributed by atoms with E-state index in [0.717, 1.165) is 5.01 Å². The number of nitrogens with one attached hydrogen (secondary N) is 1. The molecule has 0 aliphatic carbocycles. The van der Waals surface area contributed by atoms with Gasteiger partial charge in [0.2, 0.25) is 0 Å². The number of rotatable bonds is 6. The largest absolute Gasteiger partial charge is 0.394 e. The van der Waals surface area contributed by atoms with Crippen LogP contribution in [-0.2, 0) is 0 Å². The van der Waals surface area contributed by atoms with Crippen molar-refractivity contribution < 1.29 is 14.7 Å². The molecular weight excluding hydrogens is 417 g/mol. The number of hydrogen-bond acceptors (Lipinski definition) is 6. The quantitative estimate of drug-likeness (QED) is 0.205. The van der Waals surface area contributed by atoms with E-state index in [0.29, 0.717) is 11.0 Å². The Labute approximate surface area is 186 Å². The Bertz CT molecular complexity index is 1150. The van der Waals surface area contributed by atoms with Gasteiger partial charge < -0.3 is 10.4 Å². The van der Waals surface area contributed by atoms with E-state index in [1.807, 2.05) is 0 Å². The van der Waals surface area contributed by atoms with Crippen molar-refractivity contribution in [2.24, 2.45) is 5.84 Å². The molecule has 12 heteroatoms. The monoisotopic (exact) mass is 434 g/mol. The summed E-state index contributed by atoms with van der Waals surface area (Å²) in [6.45, 7) is 1.26. The minimum absolute atomic E-state index is 0.0488. The summed E-state index contributed by atoms with van der Waals surface area (Å²) in [6.07, 6.45) is 1.50. The molecule has 0 unspecified atom stereocenters. The Balaban J connectivity index is 2.02. The summed E-state index contributed by atoms with van der Waals surface area (Å²) in [5, 5.41) is 17.0. The number of aliphatic hydroxyl groups excluding tert-OH is 1. The van der Waals surface area contributed by atoms with Crippen molar-refractivity contribution in [3.05, 3.63) is 58.4 Å². The van der Waals surface area contributed by atoms with E-state index < -0.39 is 11.8 Å². The Morgan fingerprint density at radius 3 is 2.74 bits per heavy atom. The summed E-state index contributed by atoms with van der Waals surface area (Å²) in [5.74, 6) is 4.69. The molecule has 3 aromatic rings. The maximum atomic E-state index is 13.1. The number of aromatic nitrogens is 3. The van der Waals surface area contributed by atoms with Crippen molar-refractivity contribution in [2.75, 3.05) is 18.5 Å². The first-order chi connectivity index (χ1) is 14.7. The minimum Gasteiger partial charge on any atom is -0.394 e. The molecule has 4 radical (unpaired) electrons. The van der Waals surface area contributed by atoms with Gasteiger partial charge in [0.25, 0.3) is 11.8 Å². The summed E-state index contributed by atoms with van der Waals surface area (Å²) in [4.78, 5) is 30.0. The standard InChI is InChI=1S/C19H17B2ClN6O3/c1-10-7-11(20)8-12(19(31)27(23)5-6-29)16(10)25-18(30)14-9-15(21)26-28(14)17-13(22)3-2-4-24-17/h2-4,7-9,29H,5-6,23H2,1H3,(H,25,30). The van der Waals surface area contributed by atoms with Crippen molar-refractivity contribution >= 4 is 55.9 Å². The second-order valence-corrected chi connectivity index (χ2v) is 7.02. The number of halogens is 1. The Morgan fingerprint density at radius 2 is 2.06 bits per heavy atom. The zero-order chi connectivity index (χ0) is 22.7. The number of hydrazine groups is 1. The number of aliphatic hydroxyl groups is 1. The molecule has 0 atom stereocenters. The van der Waals surface area contributed by atoms with Gasteiger partial charge >= 0.3 is 0 Å². The summed E-state index contributed by atoms with van der Waals surface area (Å²) < 4.78 is 1.21. The fraction of sp³-hybridized carbons (Fsp3) is 0.158. The lowest BCUT2D eigenvalue weighted by molar-refractivity contribution is 0.0723. The van der Waals surface area contributed by atoms with E-state index in [-0.39, 0.29) is 46.5 Å². The maximum Gasteiger partial charge on any atom is 0.274 e. The van der Waals surface area contributed by atoms with Crippen LogP contribution < -0.4 is 22.2 Å². The van der Waals surface area contributed by atoms with Crippen LogP contribution in [-0.4, -0.2) is 65.5 Å². The van der Waals surface area contributed by atoms with Crippen LogP contribution in [0, 0.1) is 6.92 Å². The molecule has 0 saturated heterocycles. The van der Waals surface area contributed by atoms with Gasteiger partial charge in [-0.15, -0.1) is 0 Å². The summed E-state index contributed by atoms with van der Waals surface area (Å²) >= 11 is 6.18. The number of amides is 2. The molecule has 2 amide bonds. The fourth-order valence-corrected chi connectivity index (χ4v) is 3.15. The first-order valence-electron chi connectivity index (χ1n) is 9.08. The summed E-state index contributed by atoms with van der Waals surface area (Å²) in [7, 11) is 11.7. The second kappa shape index (κ2) is 9.34. The molecule has 9 nitrogen and oxygen atoms in total. The molecule has 0 aliphatic rings. The molecule has 2 aromatic heterocycles. The van der Waals surface area contributed by atoms with Crippen molar-refractivity contribution in [1.82, 2.24) is 19.8 Å². The van der Waals surface area contributed by atoms with Crippen molar-refractivity contribution in [2.45, 2.75) is 6.92 Å². The molecule has 3 rings (SSSR count). The van der Waals surface area contributed by atoms with Crippen LogP contribution in [0.15, 0.2) is 36.5 Å². The molecule has 0 aliphatic heterocycles. The van der Waals surface area contributed by atoms with Crippen LogP contribution >= 0.6 is 11.6 Å². The fourth-order valence-electron chi connectivity index (χ4n) is 2.95. The molecule has 1 aromatic carbocycles. The second-order valence-electron chi connectivity index (χ2n) is 6.61. The maximum absolute atomic E-state index is 13.1. The van der Waals surface area contributed by atoms with Crippen molar-refractivity contribution in [3.63, 3.8) is 0 Å². The highest BCUT2D eigenvalue weighted by molar-refractivity contribution is 6.33. The molecule has 0 saturated carbocycles. The highest BCUT2D eigenvalue weighted by Gasteiger charge is 2.23. The van der Waals surface area contributed by atoms with E-state index in [2.05, 4.69) is 15.4 Å². The summed E-state index contributed by atoms with van der Waals surface area (Å²) in [6, 6.07) is 7.58. The van der Waals surface area contributed by atoms with Gasteiger partial charge in [-0.1, -0.05) is 29.2 Å². The van der Waals surface area contributed by atoms with Gasteiger partial charge in [-0.25, -0.2) is 15.5 Å². The van der Waals surface area contributed by atoms with Crippen LogP contribution in [0.4, 0.5) is 5.69 Å². The lowest BCUT2D eigenvalue weighted by Gasteiger charge is -2.20. The lowest BCUT2D eigenvalue weighted by Crippen LogP contribution is -2.40. The number of nitrogens with two attached hydrogens (primary N) is 1. The van der Waals surface area contributed by atoms with Crippen LogP contribution in [0.3, 0.4) is 0 Å². The van der Waals surface area contributed by atoms with Gasteiger partial charge in [-0.05, 0) is 30.7 Å². The number of pyridine rings is 1. The SMILES string of the molecule is [B]c1cc(C)c(NC(=O)c2cc([B])nn2-c2ncccc2Cl)c(C(=O)N(N)CCO)c1. The van der Waals surface area contributed by atoms with E-state index in [1.54, 1.807) is 25.1 Å². The van der Waals surface area contributed by atoms with Gasteiger partial charge in [0.05, 0.1) is 29.4 Å². The first kappa shape index (κ1) is 22.5. The van der Waals surface area contributed by atoms with Gasteiger partial charge in [-0.2, -0.15) is 5.10 Å². The molecular formula is C19H17B2ClN6O3. The molecule has 4 N–H and O–H groups in total. The number of anilines is 1. The Kier molecular flexibility index (Phi) is 6.79. The van der Waals surface area contributed by atoms with Gasteiger partial charge in [0.1, 0.15) is 21.4 Å². The van der Waals surface area contributed by atoms with Crippen LogP contribution in [0.2, 0.25) is 5.02 Å². The van der Waals surface area contributed by atoms with Crippen molar-refractivity contribution in [1.29, 1.82) is 0 Å². The van der Waals surface area contributed by atoms with E-state index >= 15 is 0 Å². The van der Waals surface area contributed by atoms with Crippen molar-refractivity contribution in [3.8, 4) is 5.82 Å². The van der Waals surface area contributed by atoms with Gasteiger partial charge in [0, 0.05) is 11.8 Å². The molecule has 31 heavy (non-hydrogen) atoms. The third-order valence-corrected chi connectivity index (χ3v) is 4.62. The average Bonchev–Trinajstić information content (AvgIpc) is 3.11. The van der Waals surface area contributed by atoms with Gasteiger partial charge in [0.15, 0.2) is 5.82 Å². The van der Waals surface area contributed by atoms with Crippen LogP contribution in [0.25, 0.3) is 5.82 Å². The number of hydrogen-bond donors (Lipinski definition) is 3. The average molecular weight is 434 g/mol. The zero-order valence-electron chi connectivity index (χ0n) is 16.5. The lowest BCUT2D eigenvalue weighted by atomic mass is 9.90. The highest BCUT2D eigenvalue weighted by Crippen LogP contribution is 2.23. The van der Waals surface area contributed by atoms with Gasteiger partial charge in [-0.3, -0.25) is 14.6 Å². The number of carbonyl (C=O) groups excluding carboxylic acids is 2. The van der Waals surface area contributed by atoms with E-state index in [9.17, 15) is 9.59 Å². The number of carbonyl (C=O) groups is 2. The molecule has 0 fully saturated rings. The predicted octanol–water partition coefficient (Wildman–Crippen LogP) is -0.623. The Morgan fingerprint density at radius 1 is 1.32 bits per heavy atom. The summed E-state index contributed by atoms with van der Waals surface area (Å²) in [5.41, 5.74) is 1.24. The molecule has 0 spiro atoms. The third-order valence-electron chi connectivity index (χ3n) is 4.33. The van der Waals surface area contributed by atoms with Crippen LogP contribution in [0.5, 0.6) is 0 Å². The number of benzene rings is 1. The topological polar surface area (TPSA) is 126 Å². The number of aryl methyl sites for hydroxylation is 1. The third kappa shape index (κ3) is 4.79. The van der Waals surface area contributed by atoms with E-state index in [4.69, 9.17) is 38.2 Å². The molecule has 154 valence electrons. The van der Waals surface area contributed by atoms with Crippen LogP contribution in [0.1, 0.15) is 26.4 Å². The smallest absolute Gasteiger partial charge is 0.274 e. The Hall–Kier alpha value is -3.14. The molecule has 2 heterocycles. The predicted molar refractivity (Wildman–Crippen MR) is 119 cm³/mol.